The lowest BCUT2D eigenvalue weighted by Crippen LogP contribution is -2.42. The number of rotatable bonds is 4. The minimum absolute atomic E-state index is 0. The monoisotopic (exact) mass is 333 g/mol. The third-order valence-corrected chi connectivity index (χ3v) is 4.54. The molecule has 124 valence electrons. The molecule has 1 aliphatic heterocycles. The van der Waals surface area contributed by atoms with Gasteiger partial charge in [0.25, 0.3) is 0 Å². The summed E-state index contributed by atoms with van der Waals surface area (Å²) in [5, 5.41) is 11.0. The van der Waals surface area contributed by atoms with Crippen molar-refractivity contribution in [2.24, 2.45) is 0 Å². The van der Waals surface area contributed by atoms with Gasteiger partial charge in [0.05, 0.1) is 12.7 Å². The zero-order valence-electron chi connectivity index (χ0n) is 13.4. The second-order valence-electron chi connectivity index (χ2n) is 6.03. The van der Waals surface area contributed by atoms with Crippen LogP contribution >= 0.6 is 12.4 Å². The summed E-state index contributed by atoms with van der Waals surface area (Å²) in [6, 6.07) is 18.3. The minimum Gasteiger partial charge on any atom is -0.497 e. The molecule has 23 heavy (non-hydrogen) atoms. The third kappa shape index (κ3) is 4.25. The highest BCUT2D eigenvalue weighted by Crippen LogP contribution is 2.34. The fourth-order valence-electron chi connectivity index (χ4n) is 3.12. The van der Waals surface area contributed by atoms with Gasteiger partial charge in [-0.1, -0.05) is 42.5 Å². The van der Waals surface area contributed by atoms with Crippen molar-refractivity contribution in [2.75, 3.05) is 20.2 Å². The van der Waals surface area contributed by atoms with Gasteiger partial charge in [0, 0.05) is 19.6 Å². The zero-order chi connectivity index (χ0) is 15.4. The second-order valence-corrected chi connectivity index (χ2v) is 6.03. The molecule has 0 atom stereocenters. The highest BCUT2D eigenvalue weighted by atomic mass is 35.5. The van der Waals surface area contributed by atoms with Crippen LogP contribution in [-0.4, -0.2) is 30.2 Å². The lowest BCUT2D eigenvalue weighted by molar-refractivity contribution is -0.0278. The number of hydrogen-bond donors (Lipinski definition) is 1. The maximum atomic E-state index is 11.0. The molecule has 0 aliphatic carbocycles. The highest BCUT2D eigenvalue weighted by Gasteiger charge is 2.34. The molecule has 1 saturated heterocycles. The lowest BCUT2D eigenvalue weighted by Gasteiger charge is -2.38. The topological polar surface area (TPSA) is 32.7 Å². The van der Waals surface area contributed by atoms with Crippen LogP contribution in [-0.2, 0) is 12.1 Å². The molecule has 2 aromatic carbocycles. The van der Waals surface area contributed by atoms with Gasteiger partial charge in [-0.2, -0.15) is 0 Å². The summed E-state index contributed by atoms with van der Waals surface area (Å²) in [5.74, 6) is 0.803. The van der Waals surface area contributed by atoms with E-state index in [9.17, 15) is 5.11 Å². The summed E-state index contributed by atoms with van der Waals surface area (Å²) < 4.78 is 5.27. The average molecular weight is 334 g/mol. The van der Waals surface area contributed by atoms with Crippen LogP contribution in [0.3, 0.4) is 0 Å². The summed E-state index contributed by atoms with van der Waals surface area (Å²) in [5.41, 5.74) is 1.56. The SMILES string of the molecule is COc1cccc(C2(O)CCN(Cc3ccccc3)CC2)c1.Cl. The van der Waals surface area contributed by atoms with E-state index in [1.165, 1.54) is 5.56 Å². The first-order valence-corrected chi connectivity index (χ1v) is 7.83. The van der Waals surface area contributed by atoms with Gasteiger partial charge in [-0.05, 0) is 36.1 Å². The molecule has 0 radical (unpaired) electrons. The molecular formula is C19H24ClNO2. The molecule has 3 nitrogen and oxygen atoms in total. The van der Waals surface area contributed by atoms with Gasteiger partial charge >= 0.3 is 0 Å². The number of ether oxygens (including phenoxy) is 1. The zero-order valence-corrected chi connectivity index (χ0v) is 14.3. The van der Waals surface area contributed by atoms with Crippen molar-refractivity contribution in [3.05, 3.63) is 65.7 Å². The minimum atomic E-state index is -0.734. The maximum Gasteiger partial charge on any atom is 0.119 e. The van der Waals surface area contributed by atoms with E-state index in [0.29, 0.717) is 0 Å². The van der Waals surface area contributed by atoms with Crippen molar-refractivity contribution in [1.29, 1.82) is 0 Å². The fraction of sp³-hybridized carbons (Fsp3) is 0.368. The Hall–Kier alpha value is -1.55. The van der Waals surface area contributed by atoms with E-state index in [0.717, 1.165) is 43.8 Å². The highest BCUT2D eigenvalue weighted by molar-refractivity contribution is 5.85. The van der Waals surface area contributed by atoms with Crippen molar-refractivity contribution in [2.45, 2.75) is 25.0 Å². The van der Waals surface area contributed by atoms with Crippen molar-refractivity contribution < 1.29 is 9.84 Å². The molecule has 2 aromatic rings. The maximum absolute atomic E-state index is 11.0. The van der Waals surface area contributed by atoms with Crippen LogP contribution in [0.4, 0.5) is 0 Å². The first-order valence-electron chi connectivity index (χ1n) is 7.83. The predicted molar refractivity (Wildman–Crippen MR) is 95.1 cm³/mol. The summed E-state index contributed by atoms with van der Waals surface area (Å²) in [6.07, 6.45) is 1.51. The van der Waals surface area contributed by atoms with Crippen molar-refractivity contribution in [1.82, 2.24) is 4.90 Å². The van der Waals surface area contributed by atoms with Gasteiger partial charge in [-0.15, -0.1) is 12.4 Å². The number of aliphatic hydroxyl groups is 1. The normalized spacial score (nSPS) is 17.3. The van der Waals surface area contributed by atoms with E-state index in [4.69, 9.17) is 4.74 Å². The van der Waals surface area contributed by atoms with Crippen molar-refractivity contribution in [3.63, 3.8) is 0 Å². The Bertz CT molecular complexity index is 610. The van der Waals surface area contributed by atoms with Crippen molar-refractivity contribution in [3.8, 4) is 5.75 Å². The average Bonchev–Trinajstić information content (AvgIpc) is 2.58. The first kappa shape index (κ1) is 17.8. The molecular weight excluding hydrogens is 310 g/mol. The molecule has 0 aromatic heterocycles. The molecule has 0 saturated carbocycles. The number of halogens is 1. The van der Waals surface area contributed by atoms with Gasteiger partial charge in [0.2, 0.25) is 0 Å². The quantitative estimate of drug-likeness (QED) is 0.928. The van der Waals surface area contributed by atoms with E-state index in [1.54, 1.807) is 7.11 Å². The van der Waals surface area contributed by atoms with Crippen LogP contribution in [0.5, 0.6) is 5.75 Å². The molecule has 0 bridgehead atoms. The predicted octanol–water partition coefficient (Wildman–Crippen LogP) is 3.60. The number of likely N-dealkylation sites (tertiary alicyclic amines) is 1. The Balaban J connectivity index is 0.00000192. The molecule has 0 amide bonds. The van der Waals surface area contributed by atoms with Crippen molar-refractivity contribution >= 4 is 12.4 Å². The van der Waals surface area contributed by atoms with Crippen LogP contribution in [0.15, 0.2) is 54.6 Å². The largest absolute Gasteiger partial charge is 0.497 e. The van der Waals surface area contributed by atoms with Gasteiger partial charge in [0.15, 0.2) is 0 Å². The van der Waals surface area contributed by atoms with Gasteiger partial charge < -0.3 is 9.84 Å². The van der Waals surface area contributed by atoms with E-state index in [-0.39, 0.29) is 12.4 Å². The molecule has 1 N–H and O–H groups in total. The number of hydrogen-bond acceptors (Lipinski definition) is 3. The van der Waals surface area contributed by atoms with E-state index in [1.807, 2.05) is 30.3 Å². The number of benzene rings is 2. The molecule has 3 rings (SSSR count). The van der Waals surface area contributed by atoms with Crippen LogP contribution in [0.25, 0.3) is 0 Å². The van der Waals surface area contributed by atoms with E-state index in [2.05, 4.69) is 29.2 Å². The molecule has 1 fully saturated rings. The Labute approximate surface area is 144 Å². The van der Waals surface area contributed by atoms with E-state index >= 15 is 0 Å². The Morgan fingerprint density at radius 2 is 1.74 bits per heavy atom. The number of piperidine rings is 1. The fourth-order valence-corrected chi connectivity index (χ4v) is 3.12. The lowest BCUT2D eigenvalue weighted by atomic mass is 9.84. The Morgan fingerprint density at radius 3 is 2.39 bits per heavy atom. The third-order valence-electron chi connectivity index (χ3n) is 4.54. The molecule has 0 spiro atoms. The van der Waals surface area contributed by atoms with Crippen LogP contribution in [0, 0.1) is 0 Å². The Morgan fingerprint density at radius 1 is 1.04 bits per heavy atom. The van der Waals surface area contributed by atoms with Gasteiger partial charge in [-0.25, -0.2) is 0 Å². The number of methoxy groups -OCH3 is 1. The van der Waals surface area contributed by atoms with Gasteiger partial charge in [0.1, 0.15) is 5.75 Å². The summed E-state index contributed by atoms with van der Waals surface area (Å²) >= 11 is 0. The van der Waals surface area contributed by atoms with Gasteiger partial charge in [-0.3, -0.25) is 4.90 Å². The first-order chi connectivity index (χ1) is 10.7. The van der Waals surface area contributed by atoms with Crippen LogP contribution < -0.4 is 4.74 Å². The van der Waals surface area contributed by atoms with Crippen LogP contribution in [0.1, 0.15) is 24.0 Å². The van der Waals surface area contributed by atoms with Crippen LogP contribution in [0.2, 0.25) is 0 Å². The standard InChI is InChI=1S/C19H23NO2.ClH/c1-22-18-9-5-8-17(14-18)19(21)10-12-20(13-11-19)15-16-6-3-2-4-7-16;/h2-9,14,21H,10-13,15H2,1H3;1H. The molecule has 1 heterocycles. The molecule has 0 unspecified atom stereocenters. The molecule has 4 heteroatoms. The second kappa shape index (κ2) is 7.82. The summed E-state index contributed by atoms with van der Waals surface area (Å²) in [4.78, 5) is 2.41. The smallest absolute Gasteiger partial charge is 0.119 e. The molecule has 1 aliphatic rings. The summed E-state index contributed by atoms with van der Waals surface area (Å²) in [7, 11) is 1.66. The Kier molecular flexibility index (Phi) is 6.05. The van der Waals surface area contributed by atoms with E-state index < -0.39 is 5.60 Å². The summed E-state index contributed by atoms with van der Waals surface area (Å²) in [6.45, 7) is 2.76. The number of nitrogens with zero attached hydrogens (tertiary/aromatic N) is 1.